The second kappa shape index (κ2) is 5.11. The molecule has 0 heterocycles. The van der Waals surface area contributed by atoms with Gasteiger partial charge in [-0.15, -0.1) is 0 Å². The number of fused-ring (bicyclic) bond motifs is 1. The number of hydrogen-bond acceptors (Lipinski definition) is 2. The summed E-state index contributed by atoms with van der Waals surface area (Å²) < 4.78 is 0. The van der Waals surface area contributed by atoms with Gasteiger partial charge in [-0.1, -0.05) is 31.2 Å². The number of carbonyl (C=O) groups excluding carboxylic acids is 1. The van der Waals surface area contributed by atoms with Gasteiger partial charge in [-0.05, 0) is 36.3 Å². The SMILES string of the molecule is CC(N)CC(=O)NCC1(C)Cc2ccccc2C1. The van der Waals surface area contributed by atoms with Crippen LogP contribution in [0.25, 0.3) is 0 Å². The van der Waals surface area contributed by atoms with Gasteiger partial charge in [0.1, 0.15) is 0 Å². The number of hydrogen-bond donors (Lipinski definition) is 2. The van der Waals surface area contributed by atoms with E-state index in [2.05, 4.69) is 36.5 Å². The Labute approximate surface area is 109 Å². The minimum absolute atomic E-state index is 0.0576. The summed E-state index contributed by atoms with van der Waals surface area (Å²) in [6.45, 7) is 4.82. The van der Waals surface area contributed by atoms with Gasteiger partial charge >= 0.3 is 0 Å². The van der Waals surface area contributed by atoms with Gasteiger partial charge < -0.3 is 11.1 Å². The van der Waals surface area contributed by atoms with E-state index in [0.717, 1.165) is 19.4 Å². The van der Waals surface area contributed by atoms with Gasteiger partial charge in [-0.2, -0.15) is 0 Å². The first-order chi connectivity index (χ1) is 8.48. The molecule has 1 unspecified atom stereocenters. The van der Waals surface area contributed by atoms with Crippen molar-refractivity contribution in [3.05, 3.63) is 35.4 Å². The maximum atomic E-state index is 11.6. The topological polar surface area (TPSA) is 55.1 Å². The number of rotatable bonds is 4. The molecule has 3 nitrogen and oxygen atoms in total. The molecule has 1 aliphatic rings. The zero-order valence-corrected chi connectivity index (χ0v) is 11.2. The molecular weight excluding hydrogens is 224 g/mol. The van der Waals surface area contributed by atoms with Gasteiger partial charge in [0, 0.05) is 19.0 Å². The summed E-state index contributed by atoms with van der Waals surface area (Å²) in [5.41, 5.74) is 8.60. The lowest BCUT2D eigenvalue weighted by Crippen LogP contribution is -2.38. The Hall–Kier alpha value is -1.35. The molecular formula is C15H22N2O. The van der Waals surface area contributed by atoms with Crippen molar-refractivity contribution in [2.75, 3.05) is 6.54 Å². The number of benzene rings is 1. The zero-order valence-electron chi connectivity index (χ0n) is 11.2. The lowest BCUT2D eigenvalue weighted by atomic mass is 9.87. The monoisotopic (exact) mass is 246 g/mol. The van der Waals surface area contributed by atoms with Crippen molar-refractivity contribution in [2.24, 2.45) is 11.1 Å². The Bertz CT molecular complexity index is 415. The Kier molecular flexibility index (Phi) is 3.71. The van der Waals surface area contributed by atoms with Gasteiger partial charge in [-0.25, -0.2) is 0 Å². The van der Waals surface area contributed by atoms with Crippen molar-refractivity contribution >= 4 is 5.91 Å². The highest BCUT2D eigenvalue weighted by atomic mass is 16.1. The zero-order chi connectivity index (χ0) is 13.2. The van der Waals surface area contributed by atoms with Crippen molar-refractivity contribution in [1.29, 1.82) is 0 Å². The Morgan fingerprint density at radius 3 is 2.44 bits per heavy atom. The highest BCUT2D eigenvalue weighted by Crippen LogP contribution is 2.35. The molecule has 0 saturated carbocycles. The first kappa shape index (κ1) is 13.1. The lowest BCUT2D eigenvalue weighted by Gasteiger charge is -2.24. The third-order valence-corrected chi connectivity index (χ3v) is 3.57. The van der Waals surface area contributed by atoms with Crippen LogP contribution in [0, 0.1) is 5.41 Å². The molecule has 3 N–H and O–H groups in total. The van der Waals surface area contributed by atoms with E-state index in [4.69, 9.17) is 5.73 Å². The van der Waals surface area contributed by atoms with E-state index in [9.17, 15) is 4.79 Å². The van der Waals surface area contributed by atoms with Crippen LogP contribution >= 0.6 is 0 Å². The quantitative estimate of drug-likeness (QED) is 0.848. The van der Waals surface area contributed by atoms with Crippen molar-refractivity contribution < 1.29 is 4.79 Å². The van der Waals surface area contributed by atoms with Crippen LogP contribution in [0.3, 0.4) is 0 Å². The Balaban J connectivity index is 1.90. The molecule has 0 bridgehead atoms. The van der Waals surface area contributed by atoms with Crippen molar-refractivity contribution in [3.8, 4) is 0 Å². The minimum Gasteiger partial charge on any atom is -0.355 e. The smallest absolute Gasteiger partial charge is 0.221 e. The van der Waals surface area contributed by atoms with E-state index in [1.807, 2.05) is 6.92 Å². The molecule has 0 aliphatic heterocycles. The van der Waals surface area contributed by atoms with E-state index in [1.54, 1.807) is 0 Å². The van der Waals surface area contributed by atoms with Crippen LogP contribution in [0.15, 0.2) is 24.3 Å². The van der Waals surface area contributed by atoms with Gasteiger partial charge in [-0.3, -0.25) is 4.79 Å². The fourth-order valence-electron chi connectivity index (χ4n) is 2.69. The maximum absolute atomic E-state index is 11.6. The number of amides is 1. The van der Waals surface area contributed by atoms with Gasteiger partial charge in [0.2, 0.25) is 5.91 Å². The molecule has 98 valence electrons. The van der Waals surface area contributed by atoms with Crippen LogP contribution in [0.2, 0.25) is 0 Å². The normalized spacial score (nSPS) is 18.2. The van der Waals surface area contributed by atoms with Crippen LogP contribution in [-0.4, -0.2) is 18.5 Å². The number of carbonyl (C=O) groups is 1. The molecule has 0 aromatic heterocycles. The standard InChI is InChI=1S/C15H22N2O/c1-11(16)7-14(18)17-10-15(2)8-12-5-3-4-6-13(12)9-15/h3-6,11H,7-10,16H2,1-2H3,(H,17,18). The molecule has 1 aliphatic carbocycles. The van der Waals surface area contributed by atoms with Crippen LogP contribution in [0.4, 0.5) is 0 Å². The Morgan fingerprint density at radius 1 is 1.39 bits per heavy atom. The van der Waals surface area contributed by atoms with Crippen molar-refractivity contribution in [2.45, 2.75) is 39.2 Å². The summed E-state index contributed by atoms with van der Waals surface area (Å²) in [6, 6.07) is 8.46. The maximum Gasteiger partial charge on any atom is 0.221 e. The molecule has 0 spiro atoms. The first-order valence-corrected chi connectivity index (χ1v) is 6.58. The molecule has 0 fully saturated rings. The molecule has 2 rings (SSSR count). The largest absolute Gasteiger partial charge is 0.355 e. The van der Waals surface area contributed by atoms with E-state index >= 15 is 0 Å². The average molecular weight is 246 g/mol. The summed E-state index contributed by atoms with van der Waals surface area (Å²) in [4.78, 5) is 11.6. The summed E-state index contributed by atoms with van der Waals surface area (Å²) in [7, 11) is 0. The van der Waals surface area contributed by atoms with Gasteiger partial charge in [0.05, 0.1) is 0 Å². The minimum atomic E-state index is -0.0708. The van der Waals surface area contributed by atoms with Gasteiger partial charge in [0.25, 0.3) is 0 Å². The average Bonchev–Trinajstić information content (AvgIpc) is 2.62. The molecule has 0 saturated heterocycles. The summed E-state index contributed by atoms with van der Waals surface area (Å²) in [6.07, 6.45) is 2.49. The van der Waals surface area contributed by atoms with Gasteiger partial charge in [0.15, 0.2) is 0 Å². The predicted molar refractivity (Wildman–Crippen MR) is 73.2 cm³/mol. The molecule has 18 heavy (non-hydrogen) atoms. The summed E-state index contributed by atoms with van der Waals surface area (Å²) in [5, 5.41) is 3.01. The molecule has 0 radical (unpaired) electrons. The van der Waals surface area contributed by atoms with E-state index in [-0.39, 0.29) is 17.4 Å². The highest BCUT2D eigenvalue weighted by Gasteiger charge is 2.32. The molecule has 1 aromatic rings. The van der Waals surface area contributed by atoms with Crippen LogP contribution < -0.4 is 11.1 Å². The molecule has 1 amide bonds. The fraction of sp³-hybridized carbons (Fsp3) is 0.533. The van der Waals surface area contributed by atoms with Crippen LogP contribution in [0.1, 0.15) is 31.4 Å². The second-order valence-electron chi connectivity index (χ2n) is 5.89. The second-order valence-corrected chi connectivity index (χ2v) is 5.89. The van der Waals surface area contributed by atoms with Crippen LogP contribution in [-0.2, 0) is 17.6 Å². The third-order valence-electron chi connectivity index (χ3n) is 3.57. The Morgan fingerprint density at radius 2 is 1.94 bits per heavy atom. The van der Waals surface area contributed by atoms with Crippen molar-refractivity contribution in [1.82, 2.24) is 5.32 Å². The van der Waals surface area contributed by atoms with Crippen molar-refractivity contribution in [3.63, 3.8) is 0 Å². The first-order valence-electron chi connectivity index (χ1n) is 6.58. The van der Waals surface area contributed by atoms with Crippen LogP contribution in [0.5, 0.6) is 0 Å². The molecule has 3 heteroatoms. The van der Waals surface area contributed by atoms with E-state index in [0.29, 0.717) is 6.42 Å². The predicted octanol–water partition coefficient (Wildman–Crippen LogP) is 1.64. The fourth-order valence-corrected chi connectivity index (χ4v) is 2.69. The highest BCUT2D eigenvalue weighted by molar-refractivity contribution is 5.76. The third kappa shape index (κ3) is 3.10. The number of nitrogens with one attached hydrogen (secondary N) is 1. The van der Waals surface area contributed by atoms with E-state index in [1.165, 1.54) is 11.1 Å². The molecule has 1 aromatic carbocycles. The number of nitrogens with two attached hydrogens (primary N) is 1. The summed E-state index contributed by atoms with van der Waals surface area (Å²) in [5.74, 6) is 0.0576. The molecule has 1 atom stereocenters. The van der Waals surface area contributed by atoms with E-state index < -0.39 is 0 Å². The summed E-state index contributed by atoms with van der Waals surface area (Å²) >= 11 is 0. The lowest BCUT2D eigenvalue weighted by molar-refractivity contribution is -0.121.